The number of nitrogens with zero attached hydrogens (tertiary/aromatic N) is 2. The van der Waals surface area contributed by atoms with Crippen LogP contribution in [-0.4, -0.2) is 29.1 Å². The molecule has 1 heterocycles. The Labute approximate surface area is 93.9 Å². The molecule has 0 aliphatic heterocycles. The second kappa shape index (κ2) is 4.45. The Morgan fingerprint density at radius 1 is 1.44 bits per heavy atom. The van der Waals surface area contributed by atoms with E-state index in [9.17, 15) is 4.79 Å². The zero-order valence-electron chi connectivity index (χ0n) is 9.43. The Hall–Kier alpha value is -1.68. The molecule has 0 fully saturated rings. The smallest absolute Gasteiger partial charge is 0.195 e. The normalized spacial score (nSPS) is 10.9. The molecule has 0 aliphatic rings. The van der Waals surface area contributed by atoms with E-state index in [1.807, 2.05) is 28.8 Å². The zero-order chi connectivity index (χ0) is 11.5. The molecule has 0 N–H and O–H groups in total. The van der Waals surface area contributed by atoms with Gasteiger partial charge in [0.05, 0.1) is 17.6 Å². The Balaban J connectivity index is 2.55. The summed E-state index contributed by atoms with van der Waals surface area (Å²) in [6.07, 6.45) is 0. The van der Waals surface area contributed by atoms with Crippen LogP contribution in [0.1, 0.15) is 17.5 Å². The number of benzene rings is 1. The summed E-state index contributed by atoms with van der Waals surface area (Å²) >= 11 is 0. The number of para-hydroxylation sites is 2. The lowest BCUT2D eigenvalue weighted by Gasteiger charge is -2.05. The van der Waals surface area contributed by atoms with Crippen molar-refractivity contribution in [3.8, 4) is 0 Å². The van der Waals surface area contributed by atoms with Crippen molar-refractivity contribution in [2.24, 2.45) is 0 Å². The SMILES string of the molecule is COCCn1c(C(C)=O)nc2ccccc21. The van der Waals surface area contributed by atoms with Crippen LogP contribution in [0.15, 0.2) is 24.3 Å². The molecule has 1 aromatic heterocycles. The molecule has 16 heavy (non-hydrogen) atoms. The van der Waals surface area contributed by atoms with Crippen LogP contribution >= 0.6 is 0 Å². The van der Waals surface area contributed by atoms with E-state index in [0.717, 1.165) is 11.0 Å². The first kappa shape index (κ1) is 10.8. The second-order valence-corrected chi connectivity index (χ2v) is 3.62. The number of ether oxygens (including phenoxy) is 1. The van der Waals surface area contributed by atoms with E-state index in [4.69, 9.17) is 4.74 Å². The van der Waals surface area contributed by atoms with Crippen LogP contribution in [-0.2, 0) is 11.3 Å². The summed E-state index contributed by atoms with van der Waals surface area (Å²) in [5, 5.41) is 0. The minimum Gasteiger partial charge on any atom is -0.383 e. The van der Waals surface area contributed by atoms with Crippen molar-refractivity contribution in [3.05, 3.63) is 30.1 Å². The molecular formula is C12H14N2O2. The van der Waals surface area contributed by atoms with Crippen LogP contribution in [0, 0.1) is 0 Å². The fourth-order valence-corrected chi connectivity index (χ4v) is 1.75. The van der Waals surface area contributed by atoms with Gasteiger partial charge in [-0.2, -0.15) is 0 Å². The molecule has 0 bridgehead atoms. The predicted octanol–water partition coefficient (Wildman–Crippen LogP) is 1.89. The van der Waals surface area contributed by atoms with Gasteiger partial charge in [0.15, 0.2) is 11.6 Å². The fraction of sp³-hybridized carbons (Fsp3) is 0.333. The first-order valence-corrected chi connectivity index (χ1v) is 5.19. The molecule has 0 saturated carbocycles. The Morgan fingerprint density at radius 2 is 2.19 bits per heavy atom. The van der Waals surface area contributed by atoms with Crippen molar-refractivity contribution in [2.45, 2.75) is 13.5 Å². The highest BCUT2D eigenvalue weighted by Gasteiger charge is 2.13. The number of hydrogen-bond donors (Lipinski definition) is 0. The molecule has 1 aromatic carbocycles. The molecule has 0 unspecified atom stereocenters. The monoisotopic (exact) mass is 218 g/mol. The third-order valence-electron chi connectivity index (χ3n) is 2.49. The molecule has 4 nitrogen and oxygen atoms in total. The minimum atomic E-state index is -0.0210. The average Bonchev–Trinajstić information content (AvgIpc) is 2.65. The Morgan fingerprint density at radius 3 is 2.88 bits per heavy atom. The summed E-state index contributed by atoms with van der Waals surface area (Å²) in [4.78, 5) is 15.8. The van der Waals surface area contributed by atoms with E-state index in [1.54, 1.807) is 7.11 Å². The number of ketones is 1. The summed E-state index contributed by atoms with van der Waals surface area (Å²) in [6, 6.07) is 7.73. The van der Waals surface area contributed by atoms with Gasteiger partial charge in [-0.25, -0.2) is 4.98 Å². The van der Waals surface area contributed by atoms with Crippen molar-refractivity contribution in [3.63, 3.8) is 0 Å². The standard InChI is InChI=1S/C12H14N2O2/c1-9(15)12-13-10-5-3-4-6-11(10)14(12)7-8-16-2/h3-6H,7-8H2,1-2H3. The largest absolute Gasteiger partial charge is 0.383 e. The third kappa shape index (κ3) is 1.84. The van der Waals surface area contributed by atoms with Crippen LogP contribution in [0.3, 0.4) is 0 Å². The van der Waals surface area contributed by atoms with E-state index in [-0.39, 0.29) is 5.78 Å². The number of fused-ring (bicyclic) bond motifs is 1. The number of carbonyl (C=O) groups is 1. The third-order valence-corrected chi connectivity index (χ3v) is 2.49. The summed E-state index contributed by atoms with van der Waals surface area (Å²) in [6.45, 7) is 2.75. The first-order valence-electron chi connectivity index (χ1n) is 5.19. The van der Waals surface area contributed by atoms with Gasteiger partial charge in [-0.05, 0) is 12.1 Å². The van der Waals surface area contributed by atoms with Gasteiger partial charge in [-0.3, -0.25) is 4.79 Å². The molecule has 2 rings (SSSR count). The molecule has 0 spiro atoms. The van der Waals surface area contributed by atoms with E-state index < -0.39 is 0 Å². The van der Waals surface area contributed by atoms with Gasteiger partial charge in [0.25, 0.3) is 0 Å². The van der Waals surface area contributed by atoms with Gasteiger partial charge < -0.3 is 9.30 Å². The van der Waals surface area contributed by atoms with E-state index in [0.29, 0.717) is 19.0 Å². The maximum absolute atomic E-state index is 11.5. The minimum absolute atomic E-state index is 0.0210. The van der Waals surface area contributed by atoms with Crippen LogP contribution < -0.4 is 0 Å². The summed E-state index contributed by atoms with van der Waals surface area (Å²) in [7, 11) is 1.65. The van der Waals surface area contributed by atoms with Crippen molar-refractivity contribution < 1.29 is 9.53 Å². The molecule has 2 aromatic rings. The molecule has 84 valence electrons. The Bertz CT molecular complexity index is 517. The zero-order valence-corrected chi connectivity index (χ0v) is 9.43. The number of hydrogen-bond acceptors (Lipinski definition) is 3. The quantitative estimate of drug-likeness (QED) is 0.736. The highest BCUT2D eigenvalue weighted by atomic mass is 16.5. The number of Topliss-reactive ketones (excluding diaryl/α,β-unsaturated/α-hetero) is 1. The van der Waals surface area contributed by atoms with Crippen molar-refractivity contribution in [1.82, 2.24) is 9.55 Å². The van der Waals surface area contributed by atoms with Crippen LogP contribution in [0.5, 0.6) is 0 Å². The predicted molar refractivity (Wildman–Crippen MR) is 61.6 cm³/mol. The van der Waals surface area contributed by atoms with Crippen LogP contribution in [0.2, 0.25) is 0 Å². The summed E-state index contributed by atoms with van der Waals surface area (Å²) in [5.74, 6) is 0.477. The first-order chi connectivity index (χ1) is 7.74. The van der Waals surface area contributed by atoms with Crippen molar-refractivity contribution in [2.75, 3.05) is 13.7 Å². The second-order valence-electron chi connectivity index (χ2n) is 3.62. The molecule has 0 radical (unpaired) electrons. The van der Waals surface area contributed by atoms with Crippen molar-refractivity contribution in [1.29, 1.82) is 0 Å². The highest BCUT2D eigenvalue weighted by molar-refractivity contribution is 5.94. The number of imidazole rings is 1. The molecule has 0 saturated heterocycles. The summed E-state index contributed by atoms with van der Waals surface area (Å²) < 4.78 is 6.94. The van der Waals surface area contributed by atoms with Crippen molar-refractivity contribution >= 4 is 16.8 Å². The molecule has 4 heteroatoms. The number of carbonyl (C=O) groups excluding carboxylic acids is 1. The lowest BCUT2D eigenvalue weighted by molar-refractivity contribution is 0.0997. The van der Waals surface area contributed by atoms with Gasteiger partial charge in [-0.15, -0.1) is 0 Å². The lowest BCUT2D eigenvalue weighted by atomic mass is 10.3. The fourth-order valence-electron chi connectivity index (χ4n) is 1.75. The van der Waals surface area contributed by atoms with E-state index >= 15 is 0 Å². The topological polar surface area (TPSA) is 44.1 Å². The van der Waals surface area contributed by atoms with Crippen LogP contribution in [0.4, 0.5) is 0 Å². The number of rotatable bonds is 4. The maximum Gasteiger partial charge on any atom is 0.195 e. The lowest BCUT2D eigenvalue weighted by Crippen LogP contribution is -2.11. The maximum atomic E-state index is 11.5. The molecule has 0 amide bonds. The van der Waals surface area contributed by atoms with Gasteiger partial charge in [-0.1, -0.05) is 12.1 Å². The number of aromatic nitrogens is 2. The summed E-state index contributed by atoms with van der Waals surface area (Å²) in [5.41, 5.74) is 1.83. The molecular weight excluding hydrogens is 204 g/mol. The van der Waals surface area contributed by atoms with Gasteiger partial charge in [0.1, 0.15) is 0 Å². The average molecular weight is 218 g/mol. The van der Waals surface area contributed by atoms with E-state index in [1.165, 1.54) is 6.92 Å². The van der Waals surface area contributed by atoms with E-state index in [2.05, 4.69) is 4.98 Å². The molecule has 0 atom stereocenters. The number of methoxy groups -OCH3 is 1. The van der Waals surface area contributed by atoms with Gasteiger partial charge in [0.2, 0.25) is 0 Å². The highest BCUT2D eigenvalue weighted by Crippen LogP contribution is 2.16. The Kier molecular flexibility index (Phi) is 3.01. The molecule has 0 aliphatic carbocycles. The van der Waals surface area contributed by atoms with Crippen LogP contribution in [0.25, 0.3) is 11.0 Å². The van der Waals surface area contributed by atoms with Gasteiger partial charge in [0, 0.05) is 20.6 Å². The van der Waals surface area contributed by atoms with Gasteiger partial charge >= 0.3 is 0 Å².